The lowest BCUT2D eigenvalue weighted by Gasteiger charge is -2.08. The van der Waals surface area contributed by atoms with Crippen LogP contribution in [0.15, 0.2) is 36.5 Å². The lowest BCUT2D eigenvalue weighted by molar-refractivity contribution is 0.728. The fourth-order valence-corrected chi connectivity index (χ4v) is 1.26. The molecule has 0 saturated heterocycles. The number of allylic oxidation sites excluding steroid dienone is 1. The number of rotatable bonds is 6. The van der Waals surface area contributed by atoms with Crippen LogP contribution < -0.4 is 16.6 Å². The molecule has 3 heteroatoms. The van der Waals surface area contributed by atoms with Crippen LogP contribution in [-0.4, -0.2) is 6.54 Å². The molecule has 0 unspecified atom stereocenters. The van der Waals surface area contributed by atoms with E-state index in [1.54, 1.807) is 0 Å². The van der Waals surface area contributed by atoms with E-state index in [1.165, 1.54) is 5.56 Å². The Morgan fingerprint density at radius 2 is 2.00 bits per heavy atom. The summed E-state index contributed by atoms with van der Waals surface area (Å²) in [6, 6.07) is 8.32. The number of nitrogens with two attached hydrogens (primary N) is 1. The second kappa shape index (κ2) is 6.22. The van der Waals surface area contributed by atoms with Gasteiger partial charge in [0.25, 0.3) is 0 Å². The van der Waals surface area contributed by atoms with E-state index >= 15 is 0 Å². The van der Waals surface area contributed by atoms with Crippen molar-refractivity contribution in [2.24, 2.45) is 5.84 Å². The van der Waals surface area contributed by atoms with Crippen molar-refractivity contribution < 1.29 is 0 Å². The molecule has 0 heterocycles. The lowest BCUT2D eigenvalue weighted by Crippen LogP contribution is -2.24. The molecule has 0 aliphatic rings. The van der Waals surface area contributed by atoms with Crippen LogP contribution in [0.1, 0.15) is 18.9 Å². The highest BCUT2D eigenvalue weighted by Gasteiger charge is 1.95. The SMILES string of the molecule is C=C(CC)Nc1ccc(CCNN)cc1. The van der Waals surface area contributed by atoms with Crippen LogP contribution in [0.25, 0.3) is 0 Å². The van der Waals surface area contributed by atoms with Crippen LogP contribution in [0.3, 0.4) is 0 Å². The number of benzene rings is 1. The molecular weight excluding hydrogens is 186 g/mol. The van der Waals surface area contributed by atoms with Gasteiger partial charge in [-0.3, -0.25) is 11.3 Å². The van der Waals surface area contributed by atoms with Gasteiger partial charge in [-0.25, -0.2) is 0 Å². The fourth-order valence-electron chi connectivity index (χ4n) is 1.26. The molecule has 1 aromatic carbocycles. The topological polar surface area (TPSA) is 50.1 Å². The Bertz CT molecular complexity index is 303. The molecule has 0 saturated carbocycles. The van der Waals surface area contributed by atoms with Gasteiger partial charge in [0, 0.05) is 17.9 Å². The van der Waals surface area contributed by atoms with Gasteiger partial charge in [0.2, 0.25) is 0 Å². The maximum absolute atomic E-state index is 5.22. The number of anilines is 1. The van der Waals surface area contributed by atoms with Gasteiger partial charge in [-0.2, -0.15) is 0 Å². The molecule has 82 valence electrons. The van der Waals surface area contributed by atoms with E-state index in [2.05, 4.69) is 48.5 Å². The van der Waals surface area contributed by atoms with Crippen LogP contribution in [0.2, 0.25) is 0 Å². The molecular formula is C12H19N3. The highest BCUT2D eigenvalue weighted by atomic mass is 15.2. The molecule has 0 aromatic heterocycles. The van der Waals surface area contributed by atoms with Gasteiger partial charge < -0.3 is 5.32 Å². The third kappa shape index (κ3) is 4.14. The number of hydrogen-bond donors (Lipinski definition) is 3. The van der Waals surface area contributed by atoms with Crippen molar-refractivity contribution >= 4 is 5.69 Å². The lowest BCUT2D eigenvalue weighted by atomic mass is 10.1. The van der Waals surface area contributed by atoms with Crippen molar-refractivity contribution in [1.29, 1.82) is 0 Å². The van der Waals surface area contributed by atoms with E-state index in [0.29, 0.717) is 0 Å². The maximum atomic E-state index is 5.22. The monoisotopic (exact) mass is 205 g/mol. The zero-order valence-electron chi connectivity index (χ0n) is 9.22. The van der Waals surface area contributed by atoms with Gasteiger partial charge in [-0.15, -0.1) is 0 Å². The van der Waals surface area contributed by atoms with E-state index < -0.39 is 0 Å². The molecule has 0 fully saturated rings. The third-order valence-electron chi connectivity index (χ3n) is 2.26. The van der Waals surface area contributed by atoms with Gasteiger partial charge in [-0.05, 0) is 30.5 Å². The summed E-state index contributed by atoms with van der Waals surface area (Å²) in [4.78, 5) is 0. The first kappa shape index (κ1) is 11.8. The first-order chi connectivity index (χ1) is 7.26. The molecule has 4 N–H and O–H groups in total. The van der Waals surface area contributed by atoms with Gasteiger partial charge >= 0.3 is 0 Å². The predicted molar refractivity (Wildman–Crippen MR) is 65.4 cm³/mol. The van der Waals surface area contributed by atoms with Gasteiger partial charge in [-0.1, -0.05) is 25.6 Å². The fraction of sp³-hybridized carbons (Fsp3) is 0.333. The highest BCUT2D eigenvalue weighted by Crippen LogP contribution is 2.12. The molecule has 0 aliphatic carbocycles. The summed E-state index contributed by atoms with van der Waals surface area (Å²) in [5.74, 6) is 5.22. The Morgan fingerprint density at radius 1 is 1.33 bits per heavy atom. The first-order valence-corrected chi connectivity index (χ1v) is 5.23. The second-order valence-corrected chi connectivity index (χ2v) is 3.48. The summed E-state index contributed by atoms with van der Waals surface area (Å²) < 4.78 is 0. The zero-order chi connectivity index (χ0) is 11.1. The molecule has 15 heavy (non-hydrogen) atoms. The molecule has 3 nitrogen and oxygen atoms in total. The Balaban J connectivity index is 2.52. The number of nitrogens with one attached hydrogen (secondary N) is 2. The highest BCUT2D eigenvalue weighted by molar-refractivity contribution is 5.48. The molecule has 1 rings (SSSR count). The Hall–Kier alpha value is -1.32. The minimum Gasteiger partial charge on any atom is -0.359 e. The second-order valence-electron chi connectivity index (χ2n) is 3.48. The summed E-state index contributed by atoms with van der Waals surface area (Å²) in [7, 11) is 0. The molecule has 1 aromatic rings. The van der Waals surface area contributed by atoms with E-state index in [4.69, 9.17) is 5.84 Å². The average Bonchev–Trinajstić information content (AvgIpc) is 2.28. The van der Waals surface area contributed by atoms with E-state index in [9.17, 15) is 0 Å². The van der Waals surface area contributed by atoms with Gasteiger partial charge in [0.15, 0.2) is 0 Å². The zero-order valence-corrected chi connectivity index (χ0v) is 9.22. The van der Waals surface area contributed by atoms with Crippen LogP contribution in [0.5, 0.6) is 0 Å². The predicted octanol–water partition coefficient (Wildman–Crippen LogP) is 2.03. The van der Waals surface area contributed by atoms with Gasteiger partial charge in [0.1, 0.15) is 0 Å². The van der Waals surface area contributed by atoms with Crippen LogP contribution in [0.4, 0.5) is 5.69 Å². The maximum Gasteiger partial charge on any atom is 0.0381 e. The Labute approximate surface area is 91.3 Å². The van der Waals surface area contributed by atoms with Crippen molar-refractivity contribution in [1.82, 2.24) is 5.43 Å². The normalized spacial score (nSPS) is 10.0. The smallest absolute Gasteiger partial charge is 0.0381 e. The summed E-state index contributed by atoms with van der Waals surface area (Å²) in [5, 5.41) is 3.24. The molecule has 0 aliphatic heterocycles. The molecule has 0 spiro atoms. The molecule has 0 atom stereocenters. The summed E-state index contributed by atoms with van der Waals surface area (Å²) in [5.41, 5.74) is 6.04. The Morgan fingerprint density at radius 3 is 2.53 bits per heavy atom. The van der Waals surface area contributed by atoms with Crippen molar-refractivity contribution in [3.8, 4) is 0 Å². The summed E-state index contributed by atoms with van der Waals surface area (Å²) in [6.45, 7) is 6.78. The van der Waals surface area contributed by atoms with Crippen molar-refractivity contribution in [2.75, 3.05) is 11.9 Å². The third-order valence-corrected chi connectivity index (χ3v) is 2.26. The van der Waals surface area contributed by atoms with E-state index in [-0.39, 0.29) is 0 Å². The summed E-state index contributed by atoms with van der Waals surface area (Å²) >= 11 is 0. The van der Waals surface area contributed by atoms with Crippen LogP contribution in [0, 0.1) is 0 Å². The van der Waals surface area contributed by atoms with Crippen LogP contribution >= 0.6 is 0 Å². The van der Waals surface area contributed by atoms with E-state index in [0.717, 1.165) is 30.8 Å². The van der Waals surface area contributed by atoms with Crippen LogP contribution in [-0.2, 0) is 6.42 Å². The average molecular weight is 205 g/mol. The quantitative estimate of drug-likeness (QED) is 0.492. The Kier molecular flexibility index (Phi) is 4.87. The van der Waals surface area contributed by atoms with E-state index in [1.807, 2.05) is 0 Å². The first-order valence-electron chi connectivity index (χ1n) is 5.23. The summed E-state index contributed by atoms with van der Waals surface area (Å²) in [6.07, 6.45) is 1.89. The molecule has 0 radical (unpaired) electrons. The minimum absolute atomic E-state index is 0.800. The molecule has 0 amide bonds. The number of hydrogen-bond acceptors (Lipinski definition) is 3. The van der Waals surface area contributed by atoms with Gasteiger partial charge in [0.05, 0.1) is 0 Å². The van der Waals surface area contributed by atoms with Crippen molar-refractivity contribution in [2.45, 2.75) is 19.8 Å². The standard InChI is InChI=1S/C12H19N3/c1-3-10(2)15-12-6-4-11(5-7-12)8-9-14-13/h4-7,14-15H,2-3,8-9,13H2,1H3. The minimum atomic E-state index is 0.800. The largest absolute Gasteiger partial charge is 0.359 e. The number of hydrazine groups is 1. The van der Waals surface area contributed by atoms with Crippen molar-refractivity contribution in [3.05, 3.63) is 42.1 Å². The molecule has 0 bridgehead atoms. The van der Waals surface area contributed by atoms with Crippen molar-refractivity contribution in [3.63, 3.8) is 0 Å².